The highest BCUT2D eigenvalue weighted by Crippen LogP contribution is 2.28. The molecule has 0 aliphatic carbocycles. The van der Waals surface area contributed by atoms with Gasteiger partial charge in [0, 0.05) is 19.6 Å². The minimum Gasteiger partial charge on any atom is -0.494 e. The predicted octanol–water partition coefficient (Wildman–Crippen LogP) is 4.98. The zero-order valence-corrected chi connectivity index (χ0v) is 17.3. The van der Waals surface area contributed by atoms with Gasteiger partial charge in [0.2, 0.25) is 0 Å². The van der Waals surface area contributed by atoms with E-state index in [0.717, 1.165) is 44.8 Å². The minimum atomic E-state index is 0.484. The van der Waals surface area contributed by atoms with E-state index in [4.69, 9.17) is 4.74 Å². The molecule has 1 fully saturated rings. The Morgan fingerprint density at radius 3 is 2.58 bits per heavy atom. The van der Waals surface area contributed by atoms with Crippen LogP contribution in [0.2, 0.25) is 0 Å². The zero-order valence-electron chi connectivity index (χ0n) is 17.3. The van der Waals surface area contributed by atoms with E-state index in [1.54, 1.807) is 0 Å². The predicted molar refractivity (Wildman–Crippen MR) is 113 cm³/mol. The van der Waals surface area contributed by atoms with Crippen molar-refractivity contribution < 1.29 is 4.74 Å². The van der Waals surface area contributed by atoms with E-state index in [0.29, 0.717) is 5.41 Å². The number of nitrogens with one attached hydrogen (secondary N) is 1. The van der Waals surface area contributed by atoms with Crippen LogP contribution in [0.4, 0.5) is 0 Å². The van der Waals surface area contributed by atoms with Crippen molar-refractivity contribution in [3.63, 3.8) is 0 Å². The number of benzene rings is 1. The molecule has 0 unspecified atom stereocenters. The maximum Gasteiger partial charge on any atom is 0.119 e. The number of hydrogen-bond acceptors (Lipinski definition) is 3. The van der Waals surface area contributed by atoms with Crippen LogP contribution in [-0.2, 0) is 0 Å². The topological polar surface area (TPSA) is 24.5 Å². The zero-order chi connectivity index (χ0) is 18.8. The molecule has 0 spiro atoms. The highest BCUT2D eigenvalue weighted by molar-refractivity contribution is 5.67. The van der Waals surface area contributed by atoms with Crippen molar-refractivity contribution in [1.82, 2.24) is 10.2 Å². The van der Waals surface area contributed by atoms with E-state index in [2.05, 4.69) is 54.4 Å². The van der Waals surface area contributed by atoms with Crippen LogP contribution in [0.1, 0.15) is 58.9 Å². The summed E-state index contributed by atoms with van der Waals surface area (Å²) in [5.74, 6) is 0.993. The summed E-state index contributed by atoms with van der Waals surface area (Å²) < 4.78 is 5.93. The molecule has 1 N–H and O–H groups in total. The Labute approximate surface area is 160 Å². The average molecular weight is 359 g/mol. The summed E-state index contributed by atoms with van der Waals surface area (Å²) in [5.41, 5.74) is 3.27. The third-order valence-electron chi connectivity index (χ3n) is 5.16. The Morgan fingerprint density at radius 1 is 1.15 bits per heavy atom. The molecule has 0 amide bonds. The van der Waals surface area contributed by atoms with Crippen LogP contribution >= 0.6 is 0 Å². The lowest BCUT2D eigenvalue weighted by Gasteiger charge is -2.38. The van der Waals surface area contributed by atoms with Crippen LogP contribution in [0.5, 0.6) is 5.75 Å². The Bertz CT molecular complexity index is 548. The van der Waals surface area contributed by atoms with Gasteiger partial charge in [-0.25, -0.2) is 0 Å². The smallest absolute Gasteiger partial charge is 0.119 e. The summed E-state index contributed by atoms with van der Waals surface area (Å²) in [6.45, 7) is 15.3. The molecule has 0 radical (unpaired) electrons. The molecule has 146 valence electrons. The summed E-state index contributed by atoms with van der Waals surface area (Å²) in [6, 6.07) is 8.61. The molecule has 3 nitrogen and oxygen atoms in total. The monoisotopic (exact) mass is 358 g/mol. The Balaban J connectivity index is 0.00000117. The molecule has 0 aromatic heterocycles. The van der Waals surface area contributed by atoms with Gasteiger partial charge in [0.25, 0.3) is 0 Å². The molecule has 2 aliphatic heterocycles. The van der Waals surface area contributed by atoms with Gasteiger partial charge in [-0.3, -0.25) is 0 Å². The van der Waals surface area contributed by atoms with Crippen molar-refractivity contribution >= 4 is 5.57 Å². The van der Waals surface area contributed by atoms with Crippen molar-refractivity contribution in [3.8, 4) is 5.75 Å². The van der Waals surface area contributed by atoms with Crippen molar-refractivity contribution in [3.05, 3.63) is 35.9 Å². The van der Waals surface area contributed by atoms with Crippen molar-refractivity contribution in [1.29, 1.82) is 0 Å². The molecule has 26 heavy (non-hydrogen) atoms. The molecule has 0 saturated carbocycles. The van der Waals surface area contributed by atoms with Gasteiger partial charge in [-0.2, -0.15) is 0 Å². The Kier molecular flexibility index (Phi) is 8.67. The fourth-order valence-corrected chi connectivity index (χ4v) is 3.86. The van der Waals surface area contributed by atoms with Crippen molar-refractivity contribution in [2.75, 3.05) is 39.3 Å². The molecule has 0 atom stereocenters. The summed E-state index contributed by atoms with van der Waals surface area (Å²) in [4.78, 5) is 2.60. The number of rotatable bonds is 6. The van der Waals surface area contributed by atoms with E-state index in [-0.39, 0.29) is 0 Å². The van der Waals surface area contributed by atoms with E-state index in [1.165, 1.54) is 37.1 Å². The minimum absolute atomic E-state index is 0.484. The maximum atomic E-state index is 5.93. The first-order valence-corrected chi connectivity index (χ1v) is 10.5. The molecule has 0 bridgehead atoms. The number of nitrogens with zero attached hydrogens (tertiary/aromatic N) is 1. The highest BCUT2D eigenvalue weighted by atomic mass is 16.5. The van der Waals surface area contributed by atoms with Crippen LogP contribution < -0.4 is 10.1 Å². The lowest BCUT2D eigenvalue weighted by molar-refractivity contribution is 0.111. The summed E-state index contributed by atoms with van der Waals surface area (Å²) >= 11 is 0. The van der Waals surface area contributed by atoms with Gasteiger partial charge < -0.3 is 15.0 Å². The van der Waals surface area contributed by atoms with Gasteiger partial charge in [-0.15, -0.1) is 0 Å². The van der Waals surface area contributed by atoms with Gasteiger partial charge in [0.15, 0.2) is 0 Å². The lowest BCUT2D eigenvalue weighted by Crippen LogP contribution is -2.40. The van der Waals surface area contributed by atoms with Crippen LogP contribution in [0.15, 0.2) is 30.3 Å². The van der Waals surface area contributed by atoms with Crippen LogP contribution in [0.3, 0.4) is 0 Å². The quantitative estimate of drug-likeness (QED) is 0.726. The molecule has 2 aliphatic rings. The first kappa shape index (κ1) is 21.0. The molecular formula is C23H38N2O. The van der Waals surface area contributed by atoms with Gasteiger partial charge >= 0.3 is 0 Å². The fourth-order valence-electron chi connectivity index (χ4n) is 3.86. The standard InChI is InChI=1S/C21H32N2O.C2H6/c1-21(2)11-3-14-23(17-21)15-4-16-24-20-7-5-18(6-8-20)19-9-12-22-13-10-19;1-2/h5-9,22H,3-4,10-17H2,1-2H3;1-2H3. The van der Waals surface area contributed by atoms with Crippen LogP contribution in [-0.4, -0.2) is 44.2 Å². The molecule has 1 aromatic carbocycles. The Hall–Kier alpha value is -1.32. The van der Waals surface area contributed by atoms with Gasteiger partial charge in [0.1, 0.15) is 5.75 Å². The summed E-state index contributed by atoms with van der Waals surface area (Å²) in [5, 5.41) is 3.36. The van der Waals surface area contributed by atoms with Gasteiger partial charge in [-0.1, -0.05) is 45.9 Å². The van der Waals surface area contributed by atoms with E-state index < -0.39 is 0 Å². The van der Waals surface area contributed by atoms with Crippen molar-refractivity contribution in [2.45, 2.75) is 53.4 Å². The second-order valence-corrected chi connectivity index (χ2v) is 7.95. The molecule has 3 heteroatoms. The van der Waals surface area contributed by atoms with E-state index in [9.17, 15) is 0 Å². The van der Waals surface area contributed by atoms with E-state index in [1.807, 2.05) is 13.8 Å². The number of ether oxygens (including phenoxy) is 1. The number of hydrogen-bond donors (Lipinski definition) is 1. The third-order valence-corrected chi connectivity index (χ3v) is 5.16. The number of likely N-dealkylation sites (tertiary alicyclic amines) is 1. The van der Waals surface area contributed by atoms with Gasteiger partial charge in [-0.05, 0) is 67.5 Å². The molecule has 1 saturated heterocycles. The van der Waals surface area contributed by atoms with Crippen LogP contribution in [0.25, 0.3) is 5.57 Å². The first-order valence-electron chi connectivity index (χ1n) is 10.5. The largest absolute Gasteiger partial charge is 0.494 e. The summed E-state index contributed by atoms with van der Waals surface area (Å²) in [6.07, 6.45) is 7.21. The molecule has 3 rings (SSSR count). The maximum absolute atomic E-state index is 5.93. The number of piperidine rings is 1. The average Bonchev–Trinajstić information content (AvgIpc) is 2.67. The molecule has 1 aromatic rings. The normalized spacial score (nSPS) is 19.9. The lowest BCUT2D eigenvalue weighted by atomic mass is 9.84. The first-order chi connectivity index (χ1) is 12.6. The van der Waals surface area contributed by atoms with Crippen LogP contribution in [0, 0.1) is 5.41 Å². The fraction of sp³-hybridized carbons (Fsp3) is 0.652. The highest BCUT2D eigenvalue weighted by Gasteiger charge is 2.25. The second kappa shape index (κ2) is 10.7. The van der Waals surface area contributed by atoms with E-state index >= 15 is 0 Å². The van der Waals surface area contributed by atoms with Crippen molar-refractivity contribution in [2.24, 2.45) is 5.41 Å². The Morgan fingerprint density at radius 2 is 1.92 bits per heavy atom. The molecule has 2 heterocycles. The third kappa shape index (κ3) is 6.77. The second-order valence-electron chi connectivity index (χ2n) is 7.95. The molecular weight excluding hydrogens is 320 g/mol. The summed E-state index contributed by atoms with van der Waals surface area (Å²) in [7, 11) is 0. The van der Waals surface area contributed by atoms with Gasteiger partial charge in [0.05, 0.1) is 6.61 Å². The SMILES string of the molecule is CC.CC1(C)CCCN(CCCOc2ccc(C3=CCNCC3)cc2)C1.